The molecule has 1 saturated carbocycles. The molecule has 5 rings (SSSR count). The molecule has 4 aliphatic rings. The molecule has 2 bridgehead atoms. The first-order valence-electron chi connectivity index (χ1n) is 7.75. The number of rotatable bonds is 2. The number of phenols is 1. The monoisotopic (exact) mass is 452 g/mol. The first-order chi connectivity index (χ1) is 11.5. The molecule has 0 aromatic heterocycles. The molecule has 1 saturated heterocycles. The maximum Gasteiger partial charge on any atom is 0.254 e. The van der Waals surface area contributed by atoms with Crippen LogP contribution >= 0.6 is 31.9 Å². The molecule has 1 aromatic rings. The van der Waals surface area contributed by atoms with Crippen LogP contribution in [0.4, 0.5) is 0 Å². The molecule has 124 valence electrons. The first-order valence-corrected chi connectivity index (χ1v) is 9.34. The van der Waals surface area contributed by atoms with E-state index < -0.39 is 0 Å². The highest BCUT2D eigenvalue weighted by Crippen LogP contribution is 2.49. The molecule has 3 aliphatic carbocycles. The number of nitrogens with zero attached hydrogens (tertiary/aromatic N) is 2. The second-order valence-electron chi connectivity index (χ2n) is 6.41. The number of halogens is 2. The Balaban J connectivity index is 1.62. The number of carbonyl (C=O) groups excluding carboxylic acids is 2. The fourth-order valence-electron chi connectivity index (χ4n) is 3.96. The van der Waals surface area contributed by atoms with Gasteiger partial charge >= 0.3 is 0 Å². The van der Waals surface area contributed by atoms with E-state index in [1.807, 2.05) is 0 Å². The van der Waals surface area contributed by atoms with Crippen molar-refractivity contribution in [3.63, 3.8) is 0 Å². The Hall–Kier alpha value is -1.47. The average molecular weight is 454 g/mol. The third-order valence-corrected chi connectivity index (χ3v) is 6.31. The predicted molar refractivity (Wildman–Crippen MR) is 95.3 cm³/mol. The highest BCUT2D eigenvalue weighted by Gasteiger charge is 2.56. The van der Waals surface area contributed by atoms with E-state index in [0.29, 0.717) is 14.5 Å². The van der Waals surface area contributed by atoms with Crippen molar-refractivity contribution in [1.82, 2.24) is 5.01 Å². The van der Waals surface area contributed by atoms with E-state index in [4.69, 9.17) is 0 Å². The van der Waals surface area contributed by atoms with Gasteiger partial charge < -0.3 is 5.11 Å². The Labute approximate surface area is 155 Å². The summed E-state index contributed by atoms with van der Waals surface area (Å²) in [5, 5.41) is 14.9. The van der Waals surface area contributed by atoms with Gasteiger partial charge in [-0.05, 0) is 74.2 Å². The summed E-state index contributed by atoms with van der Waals surface area (Å²) in [6.07, 6.45) is 7.58. The van der Waals surface area contributed by atoms with E-state index in [0.717, 1.165) is 17.9 Å². The minimum atomic E-state index is -0.253. The molecule has 1 N–H and O–H groups in total. The maximum absolute atomic E-state index is 12.6. The molecule has 2 amide bonds. The van der Waals surface area contributed by atoms with Crippen LogP contribution in [0.2, 0.25) is 0 Å². The summed E-state index contributed by atoms with van der Waals surface area (Å²) in [6.45, 7) is 0. The number of imide groups is 1. The zero-order valence-corrected chi connectivity index (χ0v) is 15.7. The van der Waals surface area contributed by atoms with Crippen LogP contribution in [0.5, 0.6) is 5.75 Å². The Morgan fingerprint density at radius 3 is 2.00 bits per heavy atom. The molecule has 7 heteroatoms. The topological polar surface area (TPSA) is 70.0 Å². The number of hydrazone groups is 1. The van der Waals surface area contributed by atoms with Crippen molar-refractivity contribution in [1.29, 1.82) is 0 Å². The summed E-state index contributed by atoms with van der Waals surface area (Å²) in [5.41, 5.74) is 0.670. The van der Waals surface area contributed by atoms with Crippen LogP contribution in [0.25, 0.3) is 0 Å². The summed E-state index contributed by atoms with van der Waals surface area (Å²) in [5.74, 6) is -0.487. The smallest absolute Gasteiger partial charge is 0.254 e. The van der Waals surface area contributed by atoms with Gasteiger partial charge in [0.05, 0.1) is 27.0 Å². The van der Waals surface area contributed by atoms with Crippen LogP contribution in [0.3, 0.4) is 0 Å². The Kier molecular flexibility index (Phi) is 3.88. The third kappa shape index (κ3) is 2.37. The lowest BCUT2D eigenvalue weighted by Gasteiger charge is -2.37. The molecule has 0 unspecified atom stereocenters. The number of hydrogen-bond donors (Lipinski definition) is 1. The second kappa shape index (κ2) is 5.81. The van der Waals surface area contributed by atoms with Crippen molar-refractivity contribution in [2.45, 2.75) is 12.8 Å². The molecule has 1 heterocycles. The van der Waals surface area contributed by atoms with Crippen molar-refractivity contribution in [3.05, 3.63) is 38.8 Å². The van der Waals surface area contributed by atoms with Gasteiger partial charge in [-0.25, -0.2) is 0 Å². The minimum absolute atomic E-state index is 0.0918. The molecular weight excluding hydrogens is 440 g/mol. The lowest BCUT2D eigenvalue weighted by Crippen LogP contribution is -2.38. The summed E-state index contributed by atoms with van der Waals surface area (Å²) >= 11 is 6.50. The van der Waals surface area contributed by atoms with Crippen LogP contribution in [0.1, 0.15) is 18.4 Å². The fraction of sp³-hybridized carbons (Fsp3) is 0.353. The maximum atomic E-state index is 12.6. The zero-order chi connectivity index (χ0) is 17.0. The first kappa shape index (κ1) is 16.0. The molecular formula is C17H14Br2N2O3. The molecule has 24 heavy (non-hydrogen) atoms. The summed E-state index contributed by atoms with van der Waals surface area (Å²) < 4.78 is 1.02. The normalized spacial score (nSPS) is 31.3. The fourth-order valence-corrected chi connectivity index (χ4v) is 5.18. The Bertz CT molecular complexity index is 750. The van der Waals surface area contributed by atoms with E-state index in [2.05, 4.69) is 49.1 Å². The SMILES string of the molecule is O=C1[C@H]2[C@H](C(=O)N1/N=C\c1cc(Br)c(O)c(Br)c1)[C@@H]1C=C[C@@H]2CC1. The molecule has 0 spiro atoms. The number of benzene rings is 1. The number of carbonyl (C=O) groups is 2. The standard InChI is InChI=1S/C17H14Br2N2O3/c18-11-5-8(6-12(19)15(11)22)7-20-21-16(23)13-9-1-2-10(4-3-9)14(13)17(21)24/h1-2,5-7,9-10,13-14,22H,3-4H2/b20-7-/t9-,10-,13-,14-/m1/s1. The second-order valence-corrected chi connectivity index (χ2v) is 8.12. The van der Waals surface area contributed by atoms with Gasteiger partial charge in [0.15, 0.2) is 0 Å². The number of allylic oxidation sites excluding steroid dienone is 2. The number of aromatic hydroxyl groups is 1. The van der Waals surface area contributed by atoms with E-state index in [-0.39, 0.29) is 41.2 Å². The quantitative estimate of drug-likeness (QED) is 0.423. The number of phenolic OH excluding ortho intramolecular Hbond substituents is 1. The van der Waals surface area contributed by atoms with Crippen molar-refractivity contribution in [2.24, 2.45) is 28.8 Å². The predicted octanol–water partition coefficient (Wildman–Crippen LogP) is 3.45. The van der Waals surface area contributed by atoms with Gasteiger partial charge in [-0.15, -0.1) is 0 Å². The van der Waals surface area contributed by atoms with E-state index in [9.17, 15) is 14.7 Å². The molecule has 1 aromatic carbocycles. The molecule has 2 fully saturated rings. The van der Waals surface area contributed by atoms with Crippen molar-refractivity contribution in [3.8, 4) is 5.75 Å². The van der Waals surface area contributed by atoms with E-state index >= 15 is 0 Å². The minimum Gasteiger partial charge on any atom is -0.506 e. The van der Waals surface area contributed by atoms with Gasteiger partial charge in [0.1, 0.15) is 5.75 Å². The van der Waals surface area contributed by atoms with Crippen molar-refractivity contribution >= 4 is 49.9 Å². The van der Waals surface area contributed by atoms with Gasteiger partial charge in [0.2, 0.25) is 0 Å². The molecule has 5 nitrogen and oxygen atoms in total. The van der Waals surface area contributed by atoms with Crippen LogP contribution in [0, 0.1) is 23.7 Å². The van der Waals surface area contributed by atoms with Gasteiger partial charge in [0, 0.05) is 0 Å². The number of fused-ring (bicyclic) bond motifs is 1. The number of amides is 2. The molecule has 1 aliphatic heterocycles. The van der Waals surface area contributed by atoms with Gasteiger partial charge in [0.25, 0.3) is 11.8 Å². The van der Waals surface area contributed by atoms with E-state index in [1.165, 1.54) is 6.21 Å². The van der Waals surface area contributed by atoms with Gasteiger partial charge in [-0.3, -0.25) is 9.59 Å². The van der Waals surface area contributed by atoms with E-state index in [1.54, 1.807) is 12.1 Å². The van der Waals surface area contributed by atoms with Crippen LogP contribution < -0.4 is 0 Å². The van der Waals surface area contributed by atoms with Crippen molar-refractivity contribution in [2.75, 3.05) is 0 Å². The largest absolute Gasteiger partial charge is 0.506 e. The highest BCUT2D eigenvalue weighted by atomic mass is 79.9. The lowest BCUT2D eigenvalue weighted by atomic mass is 9.63. The molecule has 0 radical (unpaired) electrons. The Morgan fingerprint density at radius 1 is 1.04 bits per heavy atom. The summed E-state index contributed by atoms with van der Waals surface area (Å²) in [7, 11) is 0. The van der Waals surface area contributed by atoms with Crippen LogP contribution in [-0.4, -0.2) is 28.1 Å². The van der Waals surface area contributed by atoms with Crippen LogP contribution in [-0.2, 0) is 9.59 Å². The van der Waals surface area contributed by atoms with Gasteiger partial charge in [-0.1, -0.05) is 12.2 Å². The highest BCUT2D eigenvalue weighted by molar-refractivity contribution is 9.11. The van der Waals surface area contributed by atoms with Crippen molar-refractivity contribution < 1.29 is 14.7 Å². The summed E-state index contributed by atoms with van der Waals surface area (Å²) in [6, 6.07) is 3.35. The Morgan fingerprint density at radius 2 is 1.54 bits per heavy atom. The average Bonchev–Trinajstić information content (AvgIpc) is 2.85. The van der Waals surface area contributed by atoms with Crippen LogP contribution in [0.15, 0.2) is 38.3 Å². The lowest BCUT2D eigenvalue weighted by molar-refractivity contribution is -0.140. The molecule has 4 atom stereocenters. The third-order valence-electron chi connectivity index (χ3n) is 5.10. The number of hydrogen-bond acceptors (Lipinski definition) is 4. The zero-order valence-electron chi connectivity index (χ0n) is 12.5. The van der Waals surface area contributed by atoms with Gasteiger partial charge in [-0.2, -0.15) is 10.1 Å². The summed E-state index contributed by atoms with van der Waals surface area (Å²) in [4.78, 5) is 25.3.